The fraction of sp³-hybridized carbons (Fsp3) is 0.476. The first-order chi connectivity index (χ1) is 12.9. The quantitative estimate of drug-likeness (QED) is 0.763. The van der Waals surface area contributed by atoms with Crippen molar-refractivity contribution in [3.8, 4) is 0 Å². The van der Waals surface area contributed by atoms with Gasteiger partial charge in [-0.25, -0.2) is 0 Å². The Bertz CT molecular complexity index is 810. The van der Waals surface area contributed by atoms with Crippen LogP contribution in [0.25, 0.3) is 0 Å². The maximum atomic E-state index is 12.4. The lowest BCUT2D eigenvalue weighted by Gasteiger charge is -2.17. The van der Waals surface area contributed by atoms with E-state index in [0.29, 0.717) is 26.1 Å². The topological polar surface area (TPSA) is 67.2 Å². The van der Waals surface area contributed by atoms with Crippen molar-refractivity contribution in [2.75, 3.05) is 13.1 Å². The number of benzene rings is 1. The van der Waals surface area contributed by atoms with Gasteiger partial charge in [0.05, 0.1) is 11.6 Å². The summed E-state index contributed by atoms with van der Waals surface area (Å²) in [5, 5.41) is 7.40. The Labute approximate surface area is 160 Å². The lowest BCUT2D eigenvalue weighted by atomic mass is 10.1. The predicted molar refractivity (Wildman–Crippen MR) is 104 cm³/mol. The molecule has 1 fully saturated rings. The zero-order valence-corrected chi connectivity index (χ0v) is 16.4. The Morgan fingerprint density at radius 1 is 1.22 bits per heavy atom. The molecule has 1 aliphatic rings. The highest BCUT2D eigenvalue weighted by molar-refractivity contribution is 5.89. The van der Waals surface area contributed by atoms with E-state index in [-0.39, 0.29) is 17.7 Å². The SMILES string of the molecule is Cc1ccc(CN2C[C@H](C(=O)NCCCn3nc(C)cc3C)CC2=O)cc1. The highest BCUT2D eigenvalue weighted by atomic mass is 16.2. The van der Waals surface area contributed by atoms with Gasteiger partial charge in [-0.2, -0.15) is 5.10 Å². The second kappa shape index (κ2) is 8.37. The van der Waals surface area contributed by atoms with Crippen LogP contribution in [0.2, 0.25) is 0 Å². The number of aryl methyl sites for hydroxylation is 4. The Morgan fingerprint density at radius 2 is 1.96 bits per heavy atom. The second-order valence-electron chi connectivity index (χ2n) is 7.46. The molecule has 0 radical (unpaired) electrons. The van der Waals surface area contributed by atoms with Crippen LogP contribution in [-0.2, 0) is 22.7 Å². The standard InChI is InChI=1S/C21H28N4O2/c1-15-5-7-18(8-6-15)13-24-14-19(12-20(24)26)21(27)22-9-4-10-25-17(3)11-16(2)23-25/h5-8,11,19H,4,9-10,12-14H2,1-3H3,(H,22,27)/t19-/m1/s1. The molecule has 2 amide bonds. The zero-order valence-electron chi connectivity index (χ0n) is 16.4. The fourth-order valence-electron chi connectivity index (χ4n) is 3.50. The molecule has 0 bridgehead atoms. The predicted octanol–water partition coefficient (Wildman–Crippen LogP) is 2.36. The van der Waals surface area contributed by atoms with Crippen molar-refractivity contribution < 1.29 is 9.59 Å². The van der Waals surface area contributed by atoms with Gasteiger partial charge in [-0.3, -0.25) is 14.3 Å². The molecular weight excluding hydrogens is 340 g/mol. The van der Waals surface area contributed by atoms with Crippen LogP contribution in [-0.4, -0.2) is 39.6 Å². The maximum absolute atomic E-state index is 12.4. The van der Waals surface area contributed by atoms with E-state index in [1.807, 2.05) is 55.8 Å². The fourth-order valence-corrected chi connectivity index (χ4v) is 3.50. The summed E-state index contributed by atoms with van der Waals surface area (Å²) in [6.07, 6.45) is 1.12. The molecule has 1 saturated heterocycles. The summed E-state index contributed by atoms with van der Waals surface area (Å²) in [7, 11) is 0. The molecule has 2 aromatic rings. The Kier molecular flexibility index (Phi) is 5.94. The molecule has 2 heterocycles. The van der Waals surface area contributed by atoms with Crippen molar-refractivity contribution in [3.63, 3.8) is 0 Å². The van der Waals surface area contributed by atoms with Gasteiger partial charge >= 0.3 is 0 Å². The number of nitrogens with one attached hydrogen (secondary N) is 1. The number of amides is 2. The minimum absolute atomic E-state index is 0.0249. The monoisotopic (exact) mass is 368 g/mol. The van der Waals surface area contributed by atoms with E-state index >= 15 is 0 Å². The smallest absolute Gasteiger partial charge is 0.225 e. The number of aromatic nitrogens is 2. The number of likely N-dealkylation sites (tertiary alicyclic amines) is 1. The first-order valence-electron chi connectivity index (χ1n) is 9.54. The van der Waals surface area contributed by atoms with E-state index in [4.69, 9.17) is 0 Å². The molecule has 1 aliphatic heterocycles. The van der Waals surface area contributed by atoms with Gasteiger partial charge in [0, 0.05) is 38.3 Å². The van der Waals surface area contributed by atoms with Crippen molar-refractivity contribution >= 4 is 11.8 Å². The van der Waals surface area contributed by atoms with Crippen LogP contribution >= 0.6 is 0 Å². The van der Waals surface area contributed by atoms with E-state index in [0.717, 1.165) is 29.9 Å². The van der Waals surface area contributed by atoms with Crippen molar-refractivity contribution in [2.24, 2.45) is 5.92 Å². The molecule has 1 atom stereocenters. The number of carbonyl (C=O) groups is 2. The number of hydrogen-bond donors (Lipinski definition) is 1. The van der Waals surface area contributed by atoms with E-state index < -0.39 is 0 Å². The van der Waals surface area contributed by atoms with Crippen molar-refractivity contribution in [3.05, 3.63) is 52.8 Å². The average Bonchev–Trinajstić information content (AvgIpc) is 3.15. The summed E-state index contributed by atoms with van der Waals surface area (Å²) in [5.74, 6) is -0.224. The second-order valence-corrected chi connectivity index (χ2v) is 7.46. The third-order valence-electron chi connectivity index (χ3n) is 5.03. The van der Waals surface area contributed by atoms with Gasteiger partial charge in [0.15, 0.2) is 0 Å². The first-order valence-corrected chi connectivity index (χ1v) is 9.54. The largest absolute Gasteiger partial charge is 0.356 e. The van der Waals surface area contributed by atoms with Gasteiger partial charge in [0.1, 0.15) is 0 Å². The van der Waals surface area contributed by atoms with Gasteiger partial charge in [-0.1, -0.05) is 29.8 Å². The summed E-state index contributed by atoms with van der Waals surface area (Å²) < 4.78 is 1.96. The number of hydrogen-bond acceptors (Lipinski definition) is 3. The third-order valence-corrected chi connectivity index (χ3v) is 5.03. The van der Waals surface area contributed by atoms with Crippen LogP contribution in [0.15, 0.2) is 30.3 Å². The molecule has 1 N–H and O–H groups in total. The minimum Gasteiger partial charge on any atom is -0.356 e. The van der Waals surface area contributed by atoms with Crippen molar-refractivity contribution in [1.82, 2.24) is 20.0 Å². The van der Waals surface area contributed by atoms with E-state index in [2.05, 4.69) is 10.4 Å². The third kappa shape index (κ3) is 4.96. The highest BCUT2D eigenvalue weighted by Crippen LogP contribution is 2.20. The number of carbonyl (C=O) groups excluding carboxylic acids is 2. The Hall–Kier alpha value is -2.63. The lowest BCUT2D eigenvalue weighted by Crippen LogP contribution is -2.33. The van der Waals surface area contributed by atoms with Crippen LogP contribution in [0, 0.1) is 26.7 Å². The normalized spacial score (nSPS) is 16.8. The van der Waals surface area contributed by atoms with Crippen molar-refractivity contribution in [2.45, 2.75) is 46.7 Å². The first kappa shape index (κ1) is 19.1. The molecule has 144 valence electrons. The van der Waals surface area contributed by atoms with Gasteiger partial charge in [0.2, 0.25) is 11.8 Å². The molecule has 0 saturated carbocycles. The summed E-state index contributed by atoms with van der Waals surface area (Å²) in [6, 6.07) is 10.2. The molecular formula is C21H28N4O2. The van der Waals surface area contributed by atoms with Crippen LogP contribution in [0.3, 0.4) is 0 Å². The molecule has 0 aliphatic carbocycles. The summed E-state index contributed by atoms with van der Waals surface area (Å²) in [4.78, 5) is 26.4. The van der Waals surface area contributed by atoms with Crippen LogP contribution in [0.5, 0.6) is 0 Å². The lowest BCUT2D eigenvalue weighted by molar-refractivity contribution is -0.129. The van der Waals surface area contributed by atoms with Gasteiger partial charge in [-0.05, 0) is 38.8 Å². The molecule has 1 aromatic carbocycles. The van der Waals surface area contributed by atoms with E-state index in [1.165, 1.54) is 5.56 Å². The summed E-state index contributed by atoms with van der Waals surface area (Å²) in [5.41, 5.74) is 4.44. The summed E-state index contributed by atoms with van der Waals surface area (Å²) in [6.45, 7) is 8.50. The molecule has 0 unspecified atom stereocenters. The molecule has 6 heteroatoms. The molecule has 6 nitrogen and oxygen atoms in total. The van der Waals surface area contributed by atoms with Gasteiger partial charge in [-0.15, -0.1) is 0 Å². The van der Waals surface area contributed by atoms with Gasteiger partial charge < -0.3 is 10.2 Å². The molecule has 3 rings (SSSR count). The van der Waals surface area contributed by atoms with Crippen LogP contribution < -0.4 is 5.32 Å². The van der Waals surface area contributed by atoms with Gasteiger partial charge in [0.25, 0.3) is 0 Å². The summed E-state index contributed by atoms with van der Waals surface area (Å²) >= 11 is 0. The van der Waals surface area contributed by atoms with E-state index in [1.54, 1.807) is 4.90 Å². The maximum Gasteiger partial charge on any atom is 0.225 e. The van der Waals surface area contributed by atoms with Crippen LogP contribution in [0.4, 0.5) is 0 Å². The molecule has 27 heavy (non-hydrogen) atoms. The molecule has 1 aromatic heterocycles. The van der Waals surface area contributed by atoms with Crippen LogP contribution in [0.1, 0.15) is 35.4 Å². The molecule has 0 spiro atoms. The number of nitrogens with zero attached hydrogens (tertiary/aromatic N) is 3. The minimum atomic E-state index is -0.253. The Morgan fingerprint density at radius 3 is 2.63 bits per heavy atom. The van der Waals surface area contributed by atoms with Crippen molar-refractivity contribution in [1.29, 1.82) is 0 Å². The number of rotatable bonds is 7. The highest BCUT2D eigenvalue weighted by Gasteiger charge is 2.33. The average molecular weight is 368 g/mol. The van der Waals surface area contributed by atoms with E-state index in [9.17, 15) is 9.59 Å². The Balaban J connectivity index is 1.43. The zero-order chi connectivity index (χ0) is 19.4.